The van der Waals surface area contributed by atoms with Crippen LogP contribution >= 0.6 is 0 Å². The monoisotopic (exact) mass is 326 g/mol. The highest BCUT2D eigenvalue weighted by atomic mass is 16.2. The number of fused-ring (bicyclic) bond motifs is 1. The molecule has 24 heavy (non-hydrogen) atoms. The summed E-state index contributed by atoms with van der Waals surface area (Å²) in [6.07, 6.45) is 4.05. The zero-order valence-electron chi connectivity index (χ0n) is 13.7. The van der Waals surface area contributed by atoms with Crippen molar-refractivity contribution in [2.45, 2.75) is 25.8 Å². The Morgan fingerprint density at radius 3 is 2.79 bits per heavy atom. The highest BCUT2D eigenvalue weighted by Gasteiger charge is 2.20. The van der Waals surface area contributed by atoms with Crippen LogP contribution in [0.15, 0.2) is 41.7 Å². The second-order valence-electron chi connectivity index (χ2n) is 5.92. The Morgan fingerprint density at radius 2 is 2.04 bits per heavy atom. The average Bonchev–Trinajstić information content (AvgIpc) is 3.13. The molecule has 1 aromatic carbocycles. The molecular formula is C18H22N4O2. The summed E-state index contributed by atoms with van der Waals surface area (Å²) < 4.78 is 1.67. The predicted octanol–water partition coefficient (Wildman–Crippen LogP) is 1.69. The van der Waals surface area contributed by atoms with Gasteiger partial charge in [0.25, 0.3) is 5.56 Å². The molecule has 3 rings (SSSR count). The lowest BCUT2D eigenvalue weighted by Crippen LogP contribution is -2.33. The van der Waals surface area contributed by atoms with Gasteiger partial charge in [-0.15, -0.1) is 6.58 Å². The number of carbonyl (C=O) groups is 1. The van der Waals surface area contributed by atoms with Gasteiger partial charge in [0, 0.05) is 32.6 Å². The SMILES string of the molecule is C=CCNC(=O)CCn1c(=O)c(N2CCCC2)nc2ccccc21. The van der Waals surface area contributed by atoms with Gasteiger partial charge in [0.2, 0.25) is 5.91 Å². The fourth-order valence-corrected chi connectivity index (χ4v) is 3.02. The summed E-state index contributed by atoms with van der Waals surface area (Å²) in [6.45, 7) is 6.07. The Morgan fingerprint density at radius 1 is 1.29 bits per heavy atom. The molecule has 1 aliphatic heterocycles. The van der Waals surface area contributed by atoms with Crippen LogP contribution in [0.4, 0.5) is 5.82 Å². The molecule has 0 bridgehead atoms. The minimum absolute atomic E-state index is 0.0922. The summed E-state index contributed by atoms with van der Waals surface area (Å²) >= 11 is 0. The van der Waals surface area contributed by atoms with E-state index < -0.39 is 0 Å². The molecule has 1 saturated heterocycles. The number of anilines is 1. The van der Waals surface area contributed by atoms with Gasteiger partial charge in [-0.3, -0.25) is 9.59 Å². The van der Waals surface area contributed by atoms with Gasteiger partial charge in [0.05, 0.1) is 11.0 Å². The van der Waals surface area contributed by atoms with Crippen molar-refractivity contribution >= 4 is 22.8 Å². The Hall–Kier alpha value is -2.63. The van der Waals surface area contributed by atoms with Crippen LogP contribution in [0.2, 0.25) is 0 Å². The molecule has 0 unspecified atom stereocenters. The summed E-state index contributed by atoms with van der Waals surface area (Å²) in [5.74, 6) is 0.406. The number of amides is 1. The van der Waals surface area contributed by atoms with Crippen molar-refractivity contribution in [3.8, 4) is 0 Å². The van der Waals surface area contributed by atoms with Crippen LogP contribution in [0.25, 0.3) is 11.0 Å². The van der Waals surface area contributed by atoms with Crippen molar-refractivity contribution in [1.82, 2.24) is 14.9 Å². The Labute approximate surface area is 140 Å². The number of carbonyl (C=O) groups excluding carboxylic acids is 1. The Kier molecular flexibility index (Phi) is 4.93. The molecular weight excluding hydrogens is 304 g/mol. The molecule has 0 radical (unpaired) electrons. The number of rotatable bonds is 6. The molecule has 1 aliphatic rings. The number of para-hydroxylation sites is 2. The van der Waals surface area contributed by atoms with E-state index in [0.29, 0.717) is 18.9 Å². The van der Waals surface area contributed by atoms with Gasteiger partial charge in [-0.05, 0) is 25.0 Å². The lowest BCUT2D eigenvalue weighted by Gasteiger charge is -2.18. The summed E-state index contributed by atoms with van der Waals surface area (Å²) in [5.41, 5.74) is 1.43. The molecule has 126 valence electrons. The molecule has 2 aromatic rings. The van der Waals surface area contributed by atoms with E-state index in [4.69, 9.17) is 0 Å². The summed E-state index contributed by atoms with van der Waals surface area (Å²) in [5, 5.41) is 2.74. The summed E-state index contributed by atoms with van der Waals surface area (Å²) in [7, 11) is 0. The number of hydrogen-bond donors (Lipinski definition) is 1. The standard InChI is InChI=1S/C18H22N4O2/c1-2-10-19-16(23)9-13-22-15-8-4-3-7-14(15)20-17(18(22)24)21-11-5-6-12-21/h2-4,7-8H,1,5-6,9-13H2,(H,19,23). The molecule has 0 saturated carbocycles. The first-order valence-electron chi connectivity index (χ1n) is 8.33. The number of hydrogen-bond acceptors (Lipinski definition) is 4. The molecule has 1 aromatic heterocycles. The quantitative estimate of drug-likeness (QED) is 0.820. The van der Waals surface area contributed by atoms with Crippen LogP contribution in [0.5, 0.6) is 0 Å². The van der Waals surface area contributed by atoms with Crippen LogP contribution < -0.4 is 15.8 Å². The molecule has 0 aliphatic carbocycles. The lowest BCUT2D eigenvalue weighted by atomic mass is 10.2. The third-order valence-electron chi connectivity index (χ3n) is 4.25. The molecule has 1 amide bonds. The fraction of sp³-hybridized carbons (Fsp3) is 0.389. The van der Waals surface area contributed by atoms with Crippen molar-refractivity contribution in [2.75, 3.05) is 24.5 Å². The largest absolute Gasteiger partial charge is 0.353 e. The van der Waals surface area contributed by atoms with E-state index in [1.165, 1.54) is 0 Å². The molecule has 1 fully saturated rings. The number of aryl methyl sites for hydroxylation is 1. The maximum absolute atomic E-state index is 12.9. The maximum Gasteiger partial charge on any atom is 0.294 e. The van der Waals surface area contributed by atoms with Gasteiger partial charge in [-0.25, -0.2) is 4.98 Å². The molecule has 1 N–H and O–H groups in total. The first-order valence-corrected chi connectivity index (χ1v) is 8.33. The lowest BCUT2D eigenvalue weighted by molar-refractivity contribution is -0.121. The highest BCUT2D eigenvalue weighted by molar-refractivity contribution is 5.78. The topological polar surface area (TPSA) is 67.2 Å². The van der Waals surface area contributed by atoms with E-state index in [2.05, 4.69) is 16.9 Å². The van der Waals surface area contributed by atoms with E-state index >= 15 is 0 Å². The van der Waals surface area contributed by atoms with Crippen molar-refractivity contribution in [3.05, 3.63) is 47.3 Å². The number of nitrogens with one attached hydrogen (secondary N) is 1. The summed E-state index contributed by atoms with van der Waals surface area (Å²) in [6, 6.07) is 7.57. The normalized spacial score (nSPS) is 14.1. The number of benzene rings is 1. The molecule has 2 heterocycles. The molecule has 6 heteroatoms. The van der Waals surface area contributed by atoms with E-state index in [-0.39, 0.29) is 17.9 Å². The first-order chi connectivity index (χ1) is 11.7. The van der Waals surface area contributed by atoms with Crippen LogP contribution in [0.3, 0.4) is 0 Å². The minimum Gasteiger partial charge on any atom is -0.353 e. The zero-order valence-corrected chi connectivity index (χ0v) is 13.7. The molecule has 0 spiro atoms. The van der Waals surface area contributed by atoms with Gasteiger partial charge < -0.3 is 14.8 Å². The third kappa shape index (κ3) is 3.32. The van der Waals surface area contributed by atoms with Gasteiger partial charge in [-0.2, -0.15) is 0 Å². The second-order valence-corrected chi connectivity index (χ2v) is 5.92. The van der Waals surface area contributed by atoms with E-state index in [1.807, 2.05) is 29.2 Å². The maximum atomic E-state index is 12.9. The van der Waals surface area contributed by atoms with Crippen molar-refractivity contribution < 1.29 is 4.79 Å². The van der Waals surface area contributed by atoms with Crippen LogP contribution in [-0.2, 0) is 11.3 Å². The fourth-order valence-electron chi connectivity index (χ4n) is 3.02. The number of aromatic nitrogens is 2. The van der Waals surface area contributed by atoms with Gasteiger partial charge >= 0.3 is 0 Å². The predicted molar refractivity (Wildman–Crippen MR) is 95.3 cm³/mol. The second kappa shape index (κ2) is 7.29. The van der Waals surface area contributed by atoms with E-state index in [9.17, 15) is 9.59 Å². The molecule has 0 atom stereocenters. The highest BCUT2D eigenvalue weighted by Crippen LogP contribution is 2.18. The smallest absolute Gasteiger partial charge is 0.294 e. The van der Waals surface area contributed by atoms with Gasteiger partial charge in [0.15, 0.2) is 5.82 Å². The van der Waals surface area contributed by atoms with Crippen molar-refractivity contribution in [3.63, 3.8) is 0 Å². The van der Waals surface area contributed by atoms with Gasteiger partial charge in [0.1, 0.15) is 0 Å². The van der Waals surface area contributed by atoms with Crippen molar-refractivity contribution in [1.29, 1.82) is 0 Å². The van der Waals surface area contributed by atoms with Gasteiger partial charge in [-0.1, -0.05) is 18.2 Å². The van der Waals surface area contributed by atoms with E-state index in [1.54, 1.807) is 10.6 Å². The summed E-state index contributed by atoms with van der Waals surface area (Å²) in [4.78, 5) is 31.4. The first kappa shape index (κ1) is 16.2. The van der Waals surface area contributed by atoms with Crippen LogP contribution in [-0.4, -0.2) is 35.1 Å². The van der Waals surface area contributed by atoms with Crippen LogP contribution in [0.1, 0.15) is 19.3 Å². The average molecular weight is 326 g/mol. The zero-order chi connectivity index (χ0) is 16.9. The minimum atomic E-state index is -0.118. The van der Waals surface area contributed by atoms with E-state index in [0.717, 1.165) is 37.0 Å². The third-order valence-corrected chi connectivity index (χ3v) is 4.25. The number of nitrogens with zero attached hydrogens (tertiary/aromatic N) is 3. The van der Waals surface area contributed by atoms with Crippen LogP contribution in [0, 0.1) is 0 Å². The Balaban J connectivity index is 1.94. The molecule has 6 nitrogen and oxygen atoms in total. The Bertz CT molecular complexity index is 806. The van der Waals surface area contributed by atoms with Crippen molar-refractivity contribution in [2.24, 2.45) is 0 Å².